The van der Waals surface area contributed by atoms with Crippen LogP contribution in [0.3, 0.4) is 0 Å². The van der Waals surface area contributed by atoms with Gasteiger partial charge >= 0.3 is 0 Å². The van der Waals surface area contributed by atoms with Gasteiger partial charge in [-0.05, 0) is 57.3 Å². The third-order valence-electron chi connectivity index (χ3n) is 7.26. The molecule has 1 aromatic carbocycles. The quantitative estimate of drug-likeness (QED) is 0.674. The molecule has 2 saturated heterocycles. The van der Waals surface area contributed by atoms with E-state index in [0.29, 0.717) is 25.0 Å². The molecule has 0 unspecified atom stereocenters. The Labute approximate surface area is 179 Å². The second kappa shape index (κ2) is 8.14. The molecule has 1 aliphatic carbocycles. The van der Waals surface area contributed by atoms with E-state index in [4.69, 9.17) is 0 Å². The van der Waals surface area contributed by atoms with E-state index in [1.165, 1.54) is 17.7 Å². The normalized spacial score (nSPS) is 28.7. The minimum absolute atomic E-state index is 0.0308. The Bertz CT molecular complexity index is 852. The Morgan fingerprint density at radius 1 is 1.20 bits per heavy atom. The maximum Gasteiger partial charge on any atom is 0.240 e. The van der Waals surface area contributed by atoms with Crippen LogP contribution < -0.4 is 0 Å². The highest BCUT2D eigenvalue weighted by Crippen LogP contribution is 2.43. The maximum atomic E-state index is 13.7. The van der Waals surface area contributed by atoms with E-state index in [1.807, 2.05) is 55.1 Å². The molecule has 2 aliphatic heterocycles. The van der Waals surface area contributed by atoms with E-state index >= 15 is 0 Å². The molecule has 3 aliphatic rings. The van der Waals surface area contributed by atoms with Gasteiger partial charge in [0.1, 0.15) is 0 Å². The number of carbonyl (C=O) groups is 3. The van der Waals surface area contributed by atoms with Gasteiger partial charge in [0.2, 0.25) is 17.7 Å². The van der Waals surface area contributed by atoms with Crippen LogP contribution in [0.2, 0.25) is 0 Å². The molecule has 30 heavy (non-hydrogen) atoms. The standard InChI is InChI=1S/C24H33N3O3/c1-17-7-4-5-10-20(17)24(14-21(28)26(23(24)30)12-11-25(2)3)15-22(29)27-16-18-8-6-9-19(27)13-18/h4-5,7,10,18-19H,6,8-9,11-16H2,1-3H3/t18-,19+,24-/m0/s1. The van der Waals surface area contributed by atoms with Crippen LogP contribution in [0.25, 0.3) is 0 Å². The molecule has 3 atom stereocenters. The van der Waals surface area contributed by atoms with Crippen LogP contribution in [-0.2, 0) is 19.8 Å². The van der Waals surface area contributed by atoms with Crippen molar-refractivity contribution in [1.29, 1.82) is 0 Å². The number of likely N-dealkylation sites (N-methyl/N-ethyl adjacent to an activating group) is 1. The van der Waals surface area contributed by atoms with E-state index in [9.17, 15) is 14.4 Å². The predicted octanol–water partition coefficient (Wildman–Crippen LogP) is 2.34. The topological polar surface area (TPSA) is 60.9 Å². The van der Waals surface area contributed by atoms with Crippen molar-refractivity contribution >= 4 is 17.7 Å². The average molecular weight is 412 g/mol. The lowest BCUT2D eigenvalue weighted by Crippen LogP contribution is -2.45. The van der Waals surface area contributed by atoms with Gasteiger partial charge in [-0.15, -0.1) is 0 Å². The molecule has 2 heterocycles. The minimum atomic E-state index is -1.08. The average Bonchev–Trinajstić information content (AvgIpc) is 3.13. The summed E-state index contributed by atoms with van der Waals surface area (Å²) >= 11 is 0. The van der Waals surface area contributed by atoms with Gasteiger partial charge in [0.05, 0.1) is 5.41 Å². The summed E-state index contributed by atoms with van der Waals surface area (Å²) < 4.78 is 0. The number of amides is 3. The van der Waals surface area contributed by atoms with Crippen molar-refractivity contribution in [2.75, 3.05) is 33.7 Å². The van der Waals surface area contributed by atoms with E-state index in [2.05, 4.69) is 0 Å². The van der Waals surface area contributed by atoms with Gasteiger partial charge in [0.15, 0.2) is 0 Å². The lowest BCUT2D eigenvalue weighted by molar-refractivity contribution is -0.143. The Balaban J connectivity index is 1.66. The molecule has 6 heteroatoms. The molecular formula is C24H33N3O3. The number of imide groups is 1. The zero-order chi connectivity index (χ0) is 21.5. The molecule has 4 rings (SSSR count). The Morgan fingerprint density at radius 3 is 2.67 bits per heavy atom. The first kappa shape index (κ1) is 21.0. The third kappa shape index (κ3) is 3.66. The molecule has 2 bridgehead atoms. The Kier molecular flexibility index (Phi) is 5.71. The van der Waals surface area contributed by atoms with Gasteiger partial charge in [0, 0.05) is 38.5 Å². The number of hydrogen-bond donors (Lipinski definition) is 0. The van der Waals surface area contributed by atoms with Gasteiger partial charge in [-0.2, -0.15) is 0 Å². The lowest BCUT2D eigenvalue weighted by Gasteiger charge is -2.32. The molecule has 0 aromatic heterocycles. The van der Waals surface area contributed by atoms with Crippen LogP contribution in [0.5, 0.6) is 0 Å². The highest BCUT2D eigenvalue weighted by molar-refractivity contribution is 6.11. The van der Waals surface area contributed by atoms with Crippen LogP contribution in [0.1, 0.15) is 49.7 Å². The van der Waals surface area contributed by atoms with E-state index in [-0.39, 0.29) is 30.6 Å². The summed E-state index contributed by atoms with van der Waals surface area (Å²) in [5.41, 5.74) is 0.704. The molecular weight excluding hydrogens is 378 g/mol. The van der Waals surface area contributed by atoms with Gasteiger partial charge in [-0.1, -0.05) is 30.7 Å². The highest BCUT2D eigenvalue weighted by atomic mass is 16.2. The molecule has 3 amide bonds. The van der Waals surface area contributed by atoms with Gasteiger partial charge in [0.25, 0.3) is 0 Å². The molecule has 0 spiro atoms. The molecule has 6 nitrogen and oxygen atoms in total. The summed E-state index contributed by atoms with van der Waals surface area (Å²) in [5.74, 6) is 0.250. The summed E-state index contributed by atoms with van der Waals surface area (Å²) in [4.78, 5) is 45.5. The first-order valence-corrected chi connectivity index (χ1v) is 11.2. The number of aryl methyl sites for hydroxylation is 1. The lowest BCUT2D eigenvalue weighted by atomic mass is 9.74. The molecule has 162 valence electrons. The molecule has 3 fully saturated rings. The zero-order valence-electron chi connectivity index (χ0n) is 18.4. The smallest absolute Gasteiger partial charge is 0.240 e. The van der Waals surface area contributed by atoms with E-state index < -0.39 is 5.41 Å². The fourth-order valence-electron chi connectivity index (χ4n) is 5.68. The van der Waals surface area contributed by atoms with Crippen LogP contribution in [-0.4, -0.2) is 72.2 Å². The number of nitrogens with zero attached hydrogens (tertiary/aromatic N) is 3. The number of fused-ring (bicyclic) bond motifs is 2. The van der Waals surface area contributed by atoms with Gasteiger partial charge in [-0.3, -0.25) is 19.3 Å². The number of rotatable bonds is 6. The summed E-state index contributed by atoms with van der Waals surface area (Å²) in [6.07, 6.45) is 4.69. The van der Waals surface area contributed by atoms with Crippen molar-refractivity contribution in [3.8, 4) is 0 Å². The van der Waals surface area contributed by atoms with Gasteiger partial charge in [-0.25, -0.2) is 0 Å². The molecule has 1 saturated carbocycles. The van der Waals surface area contributed by atoms with Crippen molar-refractivity contribution in [1.82, 2.24) is 14.7 Å². The number of carbonyl (C=O) groups excluding carboxylic acids is 3. The van der Waals surface area contributed by atoms with Crippen molar-refractivity contribution in [2.24, 2.45) is 5.92 Å². The van der Waals surface area contributed by atoms with Gasteiger partial charge < -0.3 is 9.80 Å². The molecule has 0 N–H and O–H groups in total. The fraction of sp³-hybridized carbons (Fsp3) is 0.625. The zero-order valence-corrected chi connectivity index (χ0v) is 18.4. The number of hydrogen-bond acceptors (Lipinski definition) is 4. The summed E-state index contributed by atoms with van der Waals surface area (Å²) in [6.45, 7) is 3.75. The second-order valence-electron chi connectivity index (χ2n) is 9.64. The number of likely N-dealkylation sites (tertiary alicyclic amines) is 2. The number of benzene rings is 1. The van der Waals surface area contributed by atoms with E-state index in [0.717, 1.165) is 30.5 Å². The highest BCUT2D eigenvalue weighted by Gasteiger charge is 2.55. The fourth-order valence-corrected chi connectivity index (χ4v) is 5.68. The maximum absolute atomic E-state index is 13.7. The Hall–Kier alpha value is -2.21. The molecule has 1 aromatic rings. The molecule has 0 radical (unpaired) electrons. The second-order valence-corrected chi connectivity index (χ2v) is 9.64. The SMILES string of the molecule is Cc1ccccc1[C@@]1(CC(=O)N2C[C@H]3CCC[C@@H]2C3)CC(=O)N(CCN(C)C)C1=O. The van der Waals surface area contributed by atoms with Crippen molar-refractivity contribution in [3.05, 3.63) is 35.4 Å². The van der Waals surface area contributed by atoms with Crippen LogP contribution in [0.15, 0.2) is 24.3 Å². The monoisotopic (exact) mass is 411 g/mol. The van der Waals surface area contributed by atoms with E-state index in [1.54, 1.807) is 0 Å². The predicted molar refractivity (Wildman–Crippen MR) is 115 cm³/mol. The first-order valence-electron chi connectivity index (χ1n) is 11.2. The van der Waals surface area contributed by atoms with Crippen LogP contribution in [0, 0.1) is 12.8 Å². The van der Waals surface area contributed by atoms with Crippen LogP contribution in [0.4, 0.5) is 0 Å². The Morgan fingerprint density at radius 2 is 1.97 bits per heavy atom. The summed E-state index contributed by atoms with van der Waals surface area (Å²) in [6, 6.07) is 8.03. The minimum Gasteiger partial charge on any atom is -0.339 e. The largest absolute Gasteiger partial charge is 0.339 e. The summed E-state index contributed by atoms with van der Waals surface area (Å²) in [5, 5.41) is 0. The van der Waals surface area contributed by atoms with Crippen LogP contribution >= 0.6 is 0 Å². The first-order chi connectivity index (χ1) is 14.3. The van der Waals surface area contributed by atoms with Crippen molar-refractivity contribution in [2.45, 2.75) is 56.9 Å². The van der Waals surface area contributed by atoms with Crippen molar-refractivity contribution in [3.63, 3.8) is 0 Å². The summed E-state index contributed by atoms with van der Waals surface area (Å²) in [7, 11) is 3.85. The van der Waals surface area contributed by atoms with Crippen molar-refractivity contribution < 1.29 is 14.4 Å². The third-order valence-corrected chi connectivity index (χ3v) is 7.26.